The Bertz CT molecular complexity index is 928. The summed E-state index contributed by atoms with van der Waals surface area (Å²) in [6, 6.07) is 3.52. The van der Waals surface area contributed by atoms with Crippen LogP contribution in [0.5, 0.6) is 0 Å². The van der Waals surface area contributed by atoms with Crippen molar-refractivity contribution in [1.29, 1.82) is 0 Å². The molecule has 7 heteroatoms. The Balaban J connectivity index is 1.59. The first-order valence-corrected chi connectivity index (χ1v) is 8.80. The summed E-state index contributed by atoms with van der Waals surface area (Å²) in [6.45, 7) is 0.0206. The van der Waals surface area contributed by atoms with Crippen LogP contribution in [0.4, 0.5) is 5.82 Å². The van der Waals surface area contributed by atoms with E-state index in [1.165, 1.54) is 23.3 Å². The van der Waals surface area contributed by atoms with Gasteiger partial charge in [-0.1, -0.05) is 0 Å². The molecular weight excluding hydrogens is 324 g/mol. The third-order valence-electron chi connectivity index (χ3n) is 4.37. The van der Waals surface area contributed by atoms with Crippen molar-refractivity contribution in [2.75, 3.05) is 5.73 Å². The van der Waals surface area contributed by atoms with Gasteiger partial charge in [-0.15, -0.1) is 11.3 Å². The first kappa shape index (κ1) is 15.1. The largest absolute Gasteiger partial charge is 0.453 e. The van der Waals surface area contributed by atoms with Crippen molar-refractivity contribution in [3.63, 3.8) is 0 Å². The first-order chi connectivity index (χ1) is 11.6. The molecule has 3 aromatic heterocycles. The molecule has 6 nitrogen and oxygen atoms in total. The molecule has 0 saturated carbocycles. The van der Waals surface area contributed by atoms with Crippen LogP contribution in [0.3, 0.4) is 0 Å². The fourth-order valence-electron chi connectivity index (χ4n) is 3.17. The van der Waals surface area contributed by atoms with Crippen molar-refractivity contribution in [2.24, 2.45) is 7.05 Å². The van der Waals surface area contributed by atoms with Gasteiger partial charge in [0.05, 0.1) is 5.39 Å². The van der Waals surface area contributed by atoms with Gasteiger partial charge in [0, 0.05) is 18.1 Å². The van der Waals surface area contributed by atoms with Gasteiger partial charge in [-0.3, -0.25) is 0 Å². The average molecular weight is 342 g/mol. The normalized spacial score (nSPS) is 13.9. The number of anilines is 1. The number of ether oxygens (including phenoxy) is 1. The van der Waals surface area contributed by atoms with Gasteiger partial charge in [0.15, 0.2) is 12.4 Å². The lowest BCUT2D eigenvalue weighted by atomic mass is 9.97. The van der Waals surface area contributed by atoms with E-state index in [4.69, 9.17) is 10.5 Å². The number of hydrogen-bond donors (Lipinski definition) is 1. The number of hydrogen-bond acceptors (Lipinski definition) is 6. The standard InChI is InChI=1S/C17H18N4O2S/c1-21-8-4-6-11(21)17(22)23-9-13-19-15(18)14-10-5-2-3-7-12(10)24-16(14)20-13/h4,6,8H,2-3,5,7,9H2,1H3,(H2,18,19,20). The van der Waals surface area contributed by atoms with E-state index in [0.29, 0.717) is 17.3 Å². The Kier molecular flexibility index (Phi) is 3.72. The maximum Gasteiger partial charge on any atom is 0.355 e. The van der Waals surface area contributed by atoms with Crippen molar-refractivity contribution in [3.05, 3.63) is 40.3 Å². The number of aromatic nitrogens is 3. The summed E-state index contributed by atoms with van der Waals surface area (Å²) < 4.78 is 7.04. The number of carbonyl (C=O) groups excluding carboxylic acids is 1. The van der Waals surface area contributed by atoms with Gasteiger partial charge in [-0.25, -0.2) is 14.8 Å². The van der Waals surface area contributed by atoms with Crippen molar-refractivity contribution in [3.8, 4) is 0 Å². The number of nitrogen functional groups attached to an aromatic ring is 1. The van der Waals surface area contributed by atoms with Gasteiger partial charge in [0.25, 0.3) is 0 Å². The van der Waals surface area contributed by atoms with Gasteiger partial charge >= 0.3 is 5.97 Å². The fourth-order valence-corrected chi connectivity index (χ4v) is 4.46. The molecule has 0 unspecified atom stereocenters. The van der Waals surface area contributed by atoms with Crippen LogP contribution in [0.1, 0.15) is 39.6 Å². The van der Waals surface area contributed by atoms with Crippen LogP contribution in [0.15, 0.2) is 18.3 Å². The van der Waals surface area contributed by atoms with Crippen LogP contribution in [0.2, 0.25) is 0 Å². The van der Waals surface area contributed by atoms with E-state index in [9.17, 15) is 4.79 Å². The van der Waals surface area contributed by atoms with E-state index in [-0.39, 0.29) is 6.61 Å². The Morgan fingerprint density at radius 3 is 3.00 bits per heavy atom. The Morgan fingerprint density at radius 2 is 2.21 bits per heavy atom. The Morgan fingerprint density at radius 1 is 1.38 bits per heavy atom. The highest BCUT2D eigenvalue weighted by molar-refractivity contribution is 7.19. The molecule has 4 rings (SSSR count). The summed E-state index contributed by atoms with van der Waals surface area (Å²) in [5.74, 6) is 0.542. The molecular formula is C17H18N4O2S. The number of nitrogens with zero attached hydrogens (tertiary/aromatic N) is 3. The molecule has 2 N–H and O–H groups in total. The van der Waals surface area contributed by atoms with Crippen LogP contribution >= 0.6 is 11.3 Å². The van der Waals surface area contributed by atoms with Gasteiger partial charge in [-0.05, 0) is 43.4 Å². The molecule has 0 fully saturated rings. The van der Waals surface area contributed by atoms with E-state index >= 15 is 0 Å². The minimum atomic E-state index is -0.393. The SMILES string of the molecule is Cn1cccc1C(=O)OCc1nc(N)c2c3c(sc2n1)CCCC3. The molecule has 3 heterocycles. The van der Waals surface area contributed by atoms with Crippen LogP contribution in [-0.2, 0) is 31.2 Å². The number of rotatable bonds is 3. The minimum absolute atomic E-state index is 0.0206. The highest BCUT2D eigenvalue weighted by Gasteiger charge is 2.20. The smallest absolute Gasteiger partial charge is 0.355 e. The van der Waals surface area contributed by atoms with E-state index in [1.54, 1.807) is 41.3 Å². The maximum atomic E-state index is 12.1. The van der Waals surface area contributed by atoms with E-state index in [2.05, 4.69) is 9.97 Å². The molecule has 0 bridgehead atoms. The summed E-state index contributed by atoms with van der Waals surface area (Å²) in [4.78, 5) is 23.3. The second-order valence-corrected chi connectivity index (χ2v) is 7.08. The number of nitrogens with two attached hydrogens (primary N) is 1. The summed E-state index contributed by atoms with van der Waals surface area (Å²) in [5, 5.41) is 0.993. The number of aryl methyl sites for hydroxylation is 3. The average Bonchev–Trinajstić information content (AvgIpc) is 3.15. The van der Waals surface area contributed by atoms with E-state index in [1.807, 2.05) is 0 Å². The Hall–Kier alpha value is -2.41. The zero-order chi connectivity index (χ0) is 16.7. The second-order valence-electron chi connectivity index (χ2n) is 6.00. The van der Waals surface area contributed by atoms with Crippen molar-refractivity contribution in [2.45, 2.75) is 32.3 Å². The predicted octanol–water partition coefficient (Wildman–Crippen LogP) is 2.85. The summed E-state index contributed by atoms with van der Waals surface area (Å²) >= 11 is 1.69. The van der Waals surface area contributed by atoms with Gasteiger partial charge in [-0.2, -0.15) is 0 Å². The van der Waals surface area contributed by atoms with Crippen molar-refractivity contribution >= 4 is 33.3 Å². The molecule has 0 aromatic carbocycles. The van der Waals surface area contributed by atoms with E-state index < -0.39 is 5.97 Å². The topological polar surface area (TPSA) is 83.0 Å². The van der Waals surface area contributed by atoms with Gasteiger partial charge in [0.1, 0.15) is 16.3 Å². The van der Waals surface area contributed by atoms with Crippen molar-refractivity contribution < 1.29 is 9.53 Å². The third kappa shape index (κ3) is 2.54. The summed E-state index contributed by atoms with van der Waals surface area (Å²) in [5.41, 5.74) is 7.97. The molecule has 3 aromatic rings. The molecule has 24 heavy (non-hydrogen) atoms. The van der Waals surface area contributed by atoms with Gasteiger partial charge in [0.2, 0.25) is 0 Å². The lowest BCUT2D eigenvalue weighted by Crippen LogP contribution is -2.11. The molecule has 0 aliphatic heterocycles. The minimum Gasteiger partial charge on any atom is -0.453 e. The number of carbonyl (C=O) groups is 1. The lowest BCUT2D eigenvalue weighted by molar-refractivity contribution is 0.0451. The maximum absolute atomic E-state index is 12.1. The quantitative estimate of drug-likeness (QED) is 0.740. The van der Waals surface area contributed by atoms with Crippen LogP contribution < -0.4 is 5.73 Å². The molecule has 0 radical (unpaired) electrons. The molecule has 1 aliphatic rings. The monoisotopic (exact) mass is 342 g/mol. The molecule has 0 atom stereocenters. The zero-order valence-corrected chi connectivity index (χ0v) is 14.2. The highest BCUT2D eigenvalue weighted by Crippen LogP contribution is 2.37. The molecule has 124 valence electrons. The third-order valence-corrected chi connectivity index (χ3v) is 5.56. The Labute approximate surface area is 143 Å². The van der Waals surface area contributed by atoms with Crippen LogP contribution in [0.25, 0.3) is 10.2 Å². The molecule has 1 aliphatic carbocycles. The molecule has 0 amide bonds. The molecule has 0 saturated heterocycles. The van der Waals surface area contributed by atoms with Crippen LogP contribution in [0, 0.1) is 0 Å². The fraction of sp³-hybridized carbons (Fsp3) is 0.353. The van der Waals surface area contributed by atoms with Crippen molar-refractivity contribution in [1.82, 2.24) is 14.5 Å². The van der Waals surface area contributed by atoms with Gasteiger partial charge < -0.3 is 15.0 Å². The van der Waals surface area contributed by atoms with Crippen LogP contribution in [-0.4, -0.2) is 20.5 Å². The number of esters is 1. The lowest BCUT2D eigenvalue weighted by Gasteiger charge is -2.10. The zero-order valence-electron chi connectivity index (χ0n) is 13.4. The molecule has 0 spiro atoms. The van der Waals surface area contributed by atoms with E-state index in [0.717, 1.165) is 23.1 Å². The number of thiophene rings is 1. The first-order valence-electron chi connectivity index (χ1n) is 7.98. The summed E-state index contributed by atoms with van der Waals surface area (Å²) in [7, 11) is 1.80. The highest BCUT2D eigenvalue weighted by atomic mass is 32.1. The second kappa shape index (κ2) is 5.90. The summed E-state index contributed by atoms with van der Waals surface area (Å²) in [6.07, 6.45) is 6.34. The predicted molar refractivity (Wildman–Crippen MR) is 93.0 cm³/mol. The number of fused-ring (bicyclic) bond motifs is 3.